The molecule has 1 fully saturated rings. The van der Waals surface area contributed by atoms with Crippen molar-refractivity contribution in [1.82, 2.24) is 0 Å². The topological polar surface area (TPSA) is 187 Å². The summed E-state index contributed by atoms with van der Waals surface area (Å²) in [4.78, 5) is 26.6. The molecule has 0 radical (unpaired) electrons. The van der Waals surface area contributed by atoms with Gasteiger partial charge in [-0.3, -0.25) is 30.3 Å². The van der Waals surface area contributed by atoms with Crippen LogP contribution in [0.25, 0.3) is 0 Å². The summed E-state index contributed by atoms with van der Waals surface area (Å²) < 4.78 is 32.5. The molecule has 1 aromatic carbocycles. The van der Waals surface area contributed by atoms with E-state index in [1.807, 2.05) is 0 Å². The Hall–Kier alpha value is -1.84. The zero-order chi connectivity index (χ0) is 23.9. The number of nitro groups is 3. The number of nitro benzene ring substituents is 3. The number of halogens is 1. The predicted octanol–water partition coefficient (Wildman–Crippen LogP) is 3.67. The van der Waals surface area contributed by atoms with Gasteiger partial charge in [0.25, 0.3) is 5.69 Å². The molecule has 0 saturated heterocycles. The second-order valence-corrected chi connectivity index (χ2v) is 11.8. The van der Waals surface area contributed by atoms with Gasteiger partial charge in [0.1, 0.15) is 15.4 Å². The van der Waals surface area contributed by atoms with Gasteiger partial charge >= 0.3 is 11.4 Å². The summed E-state index contributed by atoms with van der Waals surface area (Å²) in [6.07, 6.45) is 13.4. The molecule has 1 aliphatic carbocycles. The summed E-state index contributed by atoms with van der Waals surface area (Å²) in [6.45, 7) is 0. The molecule has 0 aromatic heterocycles. The van der Waals surface area contributed by atoms with E-state index in [9.17, 15) is 43.3 Å². The Morgan fingerprint density at radius 2 is 1.35 bits per heavy atom. The van der Waals surface area contributed by atoms with Crippen molar-refractivity contribution < 1.29 is 27.7 Å². The molecule has 0 aliphatic heterocycles. The molecule has 174 valence electrons. The summed E-state index contributed by atoms with van der Waals surface area (Å²) >= 11 is 3.85. The van der Waals surface area contributed by atoms with E-state index in [0.29, 0.717) is 10.9 Å². The second-order valence-electron chi connectivity index (χ2n) is 6.96. The van der Waals surface area contributed by atoms with E-state index < -0.39 is 46.8 Å². The van der Waals surface area contributed by atoms with Crippen molar-refractivity contribution in [2.24, 2.45) is 0 Å². The third-order valence-electron chi connectivity index (χ3n) is 4.62. The van der Waals surface area contributed by atoms with Gasteiger partial charge in [0.05, 0.1) is 44.2 Å². The molecule has 0 bridgehead atoms. The van der Waals surface area contributed by atoms with Crippen LogP contribution in [0.15, 0.2) is 17.0 Å². The third-order valence-corrected chi connectivity index (χ3v) is 8.76. The second kappa shape index (κ2) is 11.7. The van der Waals surface area contributed by atoms with Crippen LogP contribution in [0.5, 0.6) is 0 Å². The fraction of sp³-hybridized carbons (Fsp3) is 0.625. The largest absolute Gasteiger partial charge is 0.744 e. The lowest BCUT2D eigenvalue weighted by Crippen LogP contribution is -2.29. The normalized spacial score (nSPS) is 19.5. The van der Waals surface area contributed by atoms with Crippen LogP contribution in [0.1, 0.15) is 38.5 Å². The Kier molecular flexibility index (Phi) is 10.3. The highest BCUT2D eigenvalue weighted by molar-refractivity contribution is 9.09. The zero-order valence-electron chi connectivity index (χ0n) is 16.8. The van der Waals surface area contributed by atoms with Crippen molar-refractivity contribution >= 4 is 54.0 Å². The first-order chi connectivity index (χ1) is 14.3. The van der Waals surface area contributed by atoms with E-state index in [-0.39, 0.29) is 12.1 Å². The maximum absolute atomic E-state index is 10.8. The zero-order valence-corrected chi connectivity index (χ0v) is 20.0. The standard InChI is InChI=1S/C10H20BrS.C6H3N3O9S/c1-12(2)10-8-6-4-3-5-7-9(10)11;10-7(11)3-1-4(8(12)13)6(19(16,17)18)5(2-3)9(14)15/h9-10H,3-8H2,1-2H3;1-2H,(H,16,17,18)/q+1;/p-1. The van der Waals surface area contributed by atoms with E-state index in [0.717, 1.165) is 10.1 Å². The van der Waals surface area contributed by atoms with E-state index in [1.165, 1.54) is 38.5 Å². The fourth-order valence-electron chi connectivity index (χ4n) is 3.15. The monoisotopic (exact) mass is 543 g/mol. The number of nitrogens with zero attached hydrogens (tertiary/aromatic N) is 3. The molecule has 0 N–H and O–H groups in total. The molecule has 15 heteroatoms. The van der Waals surface area contributed by atoms with Crippen molar-refractivity contribution in [3.8, 4) is 0 Å². The summed E-state index contributed by atoms with van der Waals surface area (Å²) in [5.74, 6) is 0. The number of benzene rings is 1. The highest BCUT2D eigenvalue weighted by Crippen LogP contribution is 2.36. The van der Waals surface area contributed by atoms with Crippen LogP contribution in [0.3, 0.4) is 0 Å². The van der Waals surface area contributed by atoms with Gasteiger partial charge in [0, 0.05) is 0 Å². The first kappa shape index (κ1) is 27.2. The summed E-state index contributed by atoms with van der Waals surface area (Å²) in [5, 5.41) is 32.5. The molecule has 31 heavy (non-hydrogen) atoms. The fourth-order valence-corrected chi connectivity index (χ4v) is 7.18. The van der Waals surface area contributed by atoms with Crippen molar-refractivity contribution in [3.05, 3.63) is 42.5 Å². The van der Waals surface area contributed by atoms with E-state index in [2.05, 4.69) is 28.4 Å². The van der Waals surface area contributed by atoms with Crippen molar-refractivity contribution in [2.45, 2.75) is 53.5 Å². The first-order valence-electron chi connectivity index (χ1n) is 9.05. The number of rotatable bonds is 5. The number of hydrogen-bond acceptors (Lipinski definition) is 9. The molecule has 2 atom stereocenters. The Labute approximate surface area is 190 Å². The summed E-state index contributed by atoms with van der Waals surface area (Å²) in [6, 6.07) is 0.329. The Balaban J connectivity index is 0.000000343. The van der Waals surface area contributed by atoms with Crippen molar-refractivity contribution in [2.75, 3.05) is 12.5 Å². The van der Waals surface area contributed by atoms with Gasteiger partial charge < -0.3 is 4.55 Å². The van der Waals surface area contributed by atoms with Crippen LogP contribution in [-0.2, 0) is 21.0 Å². The number of non-ortho nitro benzene ring substituents is 1. The van der Waals surface area contributed by atoms with E-state index >= 15 is 0 Å². The Bertz CT molecular complexity index is 905. The minimum absolute atomic E-state index is 0.164. The van der Waals surface area contributed by atoms with Crippen LogP contribution in [0, 0.1) is 30.3 Å². The molecule has 12 nitrogen and oxygen atoms in total. The number of hydrogen-bond donors (Lipinski definition) is 0. The Morgan fingerprint density at radius 3 is 1.71 bits per heavy atom. The molecule has 0 amide bonds. The maximum atomic E-state index is 10.8. The van der Waals surface area contributed by atoms with Crippen molar-refractivity contribution in [1.29, 1.82) is 0 Å². The number of alkyl halides is 1. The van der Waals surface area contributed by atoms with Gasteiger partial charge in [-0.05, 0) is 30.2 Å². The minimum atomic E-state index is -5.55. The van der Waals surface area contributed by atoms with E-state index in [4.69, 9.17) is 0 Å². The van der Waals surface area contributed by atoms with Gasteiger partial charge in [-0.15, -0.1) is 0 Å². The minimum Gasteiger partial charge on any atom is -0.744 e. The molecular weight excluding hydrogens is 522 g/mol. The first-order valence-corrected chi connectivity index (χ1v) is 13.5. The lowest BCUT2D eigenvalue weighted by Gasteiger charge is -2.21. The highest BCUT2D eigenvalue weighted by Gasteiger charge is 2.34. The maximum Gasteiger partial charge on any atom is 0.300 e. The van der Waals surface area contributed by atoms with Crippen LogP contribution in [-0.4, -0.2) is 50.3 Å². The molecule has 0 heterocycles. The molecule has 1 aliphatic rings. The quantitative estimate of drug-likeness (QED) is 0.175. The summed E-state index contributed by atoms with van der Waals surface area (Å²) in [7, 11) is -4.95. The SMILES string of the molecule is C[S+](C)C1CCCCCCC1Br.O=[N+]([O-])c1cc([N+](=O)[O-])c(S(=O)(=O)[O-])c([N+](=O)[O-])c1. The lowest BCUT2D eigenvalue weighted by molar-refractivity contribution is -0.407. The summed E-state index contributed by atoms with van der Waals surface area (Å²) in [5.41, 5.74) is -4.11. The van der Waals surface area contributed by atoms with Crippen LogP contribution < -0.4 is 0 Å². The molecule has 2 unspecified atom stereocenters. The van der Waals surface area contributed by atoms with Gasteiger partial charge in [-0.2, -0.15) is 0 Å². The van der Waals surface area contributed by atoms with Gasteiger partial charge in [0.15, 0.2) is 0 Å². The smallest absolute Gasteiger partial charge is 0.300 e. The average molecular weight is 544 g/mol. The molecule has 2 rings (SSSR count). The average Bonchev–Trinajstić information content (AvgIpc) is 2.63. The van der Waals surface area contributed by atoms with Gasteiger partial charge in [0.2, 0.25) is 4.90 Å². The van der Waals surface area contributed by atoms with Crippen LogP contribution in [0.4, 0.5) is 17.1 Å². The van der Waals surface area contributed by atoms with E-state index in [1.54, 1.807) is 0 Å². The van der Waals surface area contributed by atoms with Crippen LogP contribution in [0.2, 0.25) is 0 Å². The Morgan fingerprint density at radius 1 is 0.903 bits per heavy atom. The third kappa shape index (κ3) is 7.97. The predicted molar refractivity (Wildman–Crippen MR) is 118 cm³/mol. The van der Waals surface area contributed by atoms with Gasteiger partial charge in [-0.25, -0.2) is 8.42 Å². The molecule has 1 aromatic rings. The van der Waals surface area contributed by atoms with Gasteiger partial charge in [-0.1, -0.05) is 35.2 Å². The van der Waals surface area contributed by atoms with Crippen molar-refractivity contribution in [3.63, 3.8) is 0 Å². The highest BCUT2D eigenvalue weighted by atomic mass is 79.9. The lowest BCUT2D eigenvalue weighted by atomic mass is 10.0. The van der Waals surface area contributed by atoms with Crippen LogP contribution >= 0.6 is 15.9 Å². The molecule has 1 saturated carbocycles. The molecular formula is C16H22BrN3O9S2. The molecule has 0 spiro atoms.